The molecular formula is C19H13Cl2FS. The standard InChI is InChI=1S/C19H13Cl2FS/c20-19(21,14-4-2-1-3-5-14)15-6-10-17(11-7-15)23-18-12-8-16(22)9-13-18/h1-13H. The maximum atomic E-state index is 12.9. The summed E-state index contributed by atoms with van der Waals surface area (Å²) < 4.78 is 11.8. The van der Waals surface area contributed by atoms with Gasteiger partial charge in [0.25, 0.3) is 0 Å². The van der Waals surface area contributed by atoms with E-state index in [1.54, 1.807) is 23.9 Å². The van der Waals surface area contributed by atoms with Crippen molar-refractivity contribution in [3.63, 3.8) is 0 Å². The fourth-order valence-corrected chi connectivity index (χ4v) is 3.51. The lowest BCUT2D eigenvalue weighted by Gasteiger charge is -2.20. The molecule has 0 heterocycles. The molecule has 3 aromatic carbocycles. The van der Waals surface area contributed by atoms with E-state index in [0.717, 1.165) is 20.9 Å². The van der Waals surface area contributed by atoms with Crippen molar-refractivity contribution in [2.45, 2.75) is 14.1 Å². The zero-order chi connectivity index (χ0) is 16.3. The molecule has 0 spiro atoms. The van der Waals surface area contributed by atoms with Gasteiger partial charge in [-0.15, -0.1) is 0 Å². The molecular weight excluding hydrogens is 350 g/mol. The van der Waals surface area contributed by atoms with Gasteiger partial charge in [-0.1, -0.05) is 77.4 Å². The Balaban J connectivity index is 1.80. The van der Waals surface area contributed by atoms with E-state index < -0.39 is 4.33 Å². The summed E-state index contributed by atoms with van der Waals surface area (Å²) in [6.07, 6.45) is 0. The molecule has 116 valence electrons. The molecule has 23 heavy (non-hydrogen) atoms. The van der Waals surface area contributed by atoms with Crippen molar-refractivity contribution in [2.24, 2.45) is 0 Å². The van der Waals surface area contributed by atoms with Crippen molar-refractivity contribution in [3.05, 3.63) is 95.8 Å². The number of hydrogen-bond donors (Lipinski definition) is 0. The highest BCUT2D eigenvalue weighted by molar-refractivity contribution is 7.99. The summed E-state index contributed by atoms with van der Waals surface area (Å²) in [4.78, 5) is 2.02. The van der Waals surface area contributed by atoms with Gasteiger partial charge in [0.15, 0.2) is 4.33 Å². The van der Waals surface area contributed by atoms with Gasteiger partial charge in [0.05, 0.1) is 0 Å². The SMILES string of the molecule is Fc1ccc(Sc2ccc(C(Cl)(Cl)c3ccccc3)cc2)cc1. The van der Waals surface area contributed by atoms with Crippen LogP contribution < -0.4 is 0 Å². The van der Waals surface area contributed by atoms with Gasteiger partial charge in [-0.25, -0.2) is 4.39 Å². The predicted molar refractivity (Wildman–Crippen MR) is 95.9 cm³/mol. The van der Waals surface area contributed by atoms with Crippen molar-refractivity contribution in [2.75, 3.05) is 0 Å². The van der Waals surface area contributed by atoms with Crippen LogP contribution in [0.4, 0.5) is 4.39 Å². The van der Waals surface area contributed by atoms with Crippen LogP contribution in [0.3, 0.4) is 0 Å². The molecule has 3 rings (SSSR count). The normalized spacial score (nSPS) is 11.4. The van der Waals surface area contributed by atoms with Gasteiger partial charge in [-0.05, 0) is 47.5 Å². The van der Waals surface area contributed by atoms with E-state index >= 15 is 0 Å². The van der Waals surface area contributed by atoms with E-state index in [9.17, 15) is 4.39 Å². The summed E-state index contributed by atoms with van der Waals surface area (Å²) in [6, 6.07) is 23.7. The van der Waals surface area contributed by atoms with E-state index in [2.05, 4.69) is 0 Å². The topological polar surface area (TPSA) is 0 Å². The van der Waals surface area contributed by atoms with Crippen LogP contribution in [0.5, 0.6) is 0 Å². The van der Waals surface area contributed by atoms with Crippen LogP contribution in [-0.4, -0.2) is 0 Å². The number of rotatable bonds is 4. The van der Waals surface area contributed by atoms with Gasteiger partial charge in [0, 0.05) is 9.79 Å². The van der Waals surface area contributed by atoms with Crippen molar-refractivity contribution in [3.8, 4) is 0 Å². The molecule has 0 saturated heterocycles. The quantitative estimate of drug-likeness (QED) is 0.467. The van der Waals surface area contributed by atoms with Crippen LogP contribution in [0.2, 0.25) is 0 Å². The minimum absolute atomic E-state index is 0.235. The van der Waals surface area contributed by atoms with E-state index in [1.807, 2.05) is 54.6 Å². The average Bonchev–Trinajstić information content (AvgIpc) is 2.58. The van der Waals surface area contributed by atoms with Crippen molar-refractivity contribution in [1.82, 2.24) is 0 Å². The van der Waals surface area contributed by atoms with Crippen LogP contribution in [-0.2, 0) is 4.33 Å². The minimum atomic E-state index is -1.08. The van der Waals surface area contributed by atoms with Crippen molar-refractivity contribution >= 4 is 35.0 Å². The number of halogens is 3. The first-order chi connectivity index (χ1) is 11.1. The van der Waals surface area contributed by atoms with Gasteiger partial charge in [0.1, 0.15) is 5.82 Å². The van der Waals surface area contributed by atoms with E-state index in [1.165, 1.54) is 12.1 Å². The highest BCUT2D eigenvalue weighted by Crippen LogP contribution is 2.41. The largest absolute Gasteiger partial charge is 0.207 e. The molecule has 0 radical (unpaired) electrons. The number of benzene rings is 3. The summed E-state index contributed by atoms with van der Waals surface area (Å²) in [5.41, 5.74) is 1.65. The van der Waals surface area contributed by atoms with Crippen molar-refractivity contribution < 1.29 is 4.39 Å². The molecule has 0 unspecified atom stereocenters. The van der Waals surface area contributed by atoms with Gasteiger partial charge in [-0.3, -0.25) is 0 Å². The molecule has 0 fully saturated rings. The third-order valence-corrected chi connectivity index (χ3v) is 5.29. The Kier molecular flexibility index (Phi) is 4.96. The number of alkyl halides is 2. The van der Waals surface area contributed by atoms with Gasteiger partial charge < -0.3 is 0 Å². The fourth-order valence-electron chi connectivity index (χ4n) is 2.19. The van der Waals surface area contributed by atoms with Gasteiger partial charge in [-0.2, -0.15) is 0 Å². The Morgan fingerprint density at radius 2 is 1.13 bits per heavy atom. The molecule has 0 aromatic heterocycles. The summed E-state index contributed by atoms with van der Waals surface area (Å²) >= 11 is 14.6. The minimum Gasteiger partial charge on any atom is -0.207 e. The smallest absolute Gasteiger partial charge is 0.168 e. The molecule has 0 aliphatic rings. The second-order valence-corrected chi connectivity index (χ2v) is 7.50. The summed E-state index contributed by atoms with van der Waals surface area (Å²) in [5.74, 6) is -0.235. The van der Waals surface area contributed by atoms with Crippen molar-refractivity contribution in [1.29, 1.82) is 0 Å². The third kappa shape index (κ3) is 3.89. The van der Waals surface area contributed by atoms with E-state index in [4.69, 9.17) is 23.2 Å². The summed E-state index contributed by atoms with van der Waals surface area (Å²) in [6.45, 7) is 0. The zero-order valence-corrected chi connectivity index (χ0v) is 14.4. The Morgan fingerprint density at radius 1 is 0.652 bits per heavy atom. The lowest BCUT2D eigenvalue weighted by atomic mass is 10.0. The maximum absolute atomic E-state index is 12.9. The molecule has 0 amide bonds. The highest BCUT2D eigenvalue weighted by Gasteiger charge is 2.28. The van der Waals surface area contributed by atoms with Gasteiger partial charge in [0.2, 0.25) is 0 Å². The molecule has 0 nitrogen and oxygen atoms in total. The lowest BCUT2D eigenvalue weighted by molar-refractivity contribution is 0.626. The molecule has 0 aliphatic heterocycles. The Morgan fingerprint density at radius 3 is 1.70 bits per heavy atom. The highest BCUT2D eigenvalue weighted by atomic mass is 35.5. The molecule has 0 bridgehead atoms. The second-order valence-electron chi connectivity index (χ2n) is 5.02. The van der Waals surface area contributed by atoms with E-state index in [0.29, 0.717) is 0 Å². The number of hydrogen-bond acceptors (Lipinski definition) is 1. The molecule has 0 saturated carbocycles. The molecule has 0 atom stereocenters. The molecule has 3 aromatic rings. The zero-order valence-electron chi connectivity index (χ0n) is 12.0. The monoisotopic (exact) mass is 362 g/mol. The Hall–Kier alpha value is -1.48. The van der Waals surface area contributed by atoms with Crippen LogP contribution in [0.25, 0.3) is 0 Å². The van der Waals surface area contributed by atoms with Crippen LogP contribution >= 0.6 is 35.0 Å². The Bertz CT molecular complexity index is 769. The fraction of sp³-hybridized carbons (Fsp3) is 0.0526. The van der Waals surface area contributed by atoms with E-state index in [-0.39, 0.29) is 5.82 Å². The first-order valence-electron chi connectivity index (χ1n) is 7.03. The van der Waals surface area contributed by atoms with Crippen LogP contribution in [0.15, 0.2) is 88.7 Å². The molecule has 0 aliphatic carbocycles. The third-order valence-electron chi connectivity index (χ3n) is 3.40. The average molecular weight is 363 g/mol. The first-order valence-corrected chi connectivity index (χ1v) is 8.60. The summed E-state index contributed by atoms with van der Waals surface area (Å²) in [5, 5.41) is 0. The van der Waals surface area contributed by atoms with Crippen LogP contribution in [0, 0.1) is 5.82 Å². The summed E-state index contributed by atoms with van der Waals surface area (Å²) in [7, 11) is 0. The first kappa shape index (κ1) is 16.4. The predicted octanol–water partition coefficient (Wildman–Crippen LogP) is 6.66. The van der Waals surface area contributed by atoms with Gasteiger partial charge >= 0.3 is 0 Å². The lowest BCUT2D eigenvalue weighted by Crippen LogP contribution is -2.11. The van der Waals surface area contributed by atoms with Crippen LogP contribution in [0.1, 0.15) is 11.1 Å². The maximum Gasteiger partial charge on any atom is 0.168 e. The Labute approximate surface area is 149 Å². The molecule has 0 N–H and O–H groups in total. The second kappa shape index (κ2) is 6.96. The molecule has 4 heteroatoms.